The van der Waals surface area contributed by atoms with Crippen LogP contribution < -0.4 is 0 Å². The van der Waals surface area contributed by atoms with E-state index in [1.54, 1.807) is 19.1 Å². The Balaban J connectivity index is 0.000000172. The fourth-order valence-corrected chi connectivity index (χ4v) is 9.53. The predicted molar refractivity (Wildman–Crippen MR) is 281 cm³/mol. The van der Waals surface area contributed by atoms with Gasteiger partial charge in [-0.1, -0.05) is 217 Å². The molecule has 0 bridgehead atoms. The van der Waals surface area contributed by atoms with Gasteiger partial charge in [0.1, 0.15) is 27.1 Å². The van der Waals surface area contributed by atoms with E-state index in [0.717, 1.165) is 50.9 Å². The summed E-state index contributed by atoms with van der Waals surface area (Å²) in [5.74, 6) is -1.14. The van der Waals surface area contributed by atoms with Crippen LogP contribution in [0.25, 0.3) is 21.8 Å². The van der Waals surface area contributed by atoms with Gasteiger partial charge in [-0.15, -0.1) is 0 Å². The number of fused-ring (bicyclic) bond motifs is 2. The number of aromatic carboxylic acids is 1. The van der Waals surface area contributed by atoms with Gasteiger partial charge in [0.15, 0.2) is 12.0 Å². The Morgan fingerprint density at radius 2 is 0.800 bits per heavy atom. The summed E-state index contributed by atoms with van der Waals surface area (Å²) < 4.78 is 3.87. The lowest BCUT2D eigenvalue weighted by molar-refractivity contribution is 0.0692. The van der Waals surface area contributed by atoms with Crippen molar-refractivity contribution >= 4 is 57.3 Å². The molecule has 11 heteroatoms. The van der Waals surface area contributed by atoms with Crippen molar-refractivity contribution in [3.05, 3.63) is 272 Å². The third-order valence-corrected chi connectivity index (χ3v) is 12.7. The Morgan fingerprint density at radius 1 is 0.514 bits per heavy atom. The maximum Gasteiger partial charge on any atom is 0.355 e. The average Bonchev–Trinajstić information content (AvgIpc) is 3.91. The first kappa shape index (κ1) is 48.5. The number of carboxylic acids is 1. The number of nitrogens with zero attached hydrogens (tertiary/aromatic N) is 6. The van der Waals surface area contributed by atoms with Crippen LogP contribution in [0.4, 0.5) is 0 Å². The summed E-state index contributed by atoms with van der Waals surface area (Å²) in [4.78, 5) is 32.2. The minimum atomic E-state index is -1.14. The van der Waals surface area contributed by atoms with Crippen molar-refractivity contribution in [1.82, 2.24) is 29.5 Å². The molecule has 0 aliphatic heterocycles. The van der Waals surface area contributed by atoms with Gasteiger partial charge in [-0.3, -0.25) is 4.79 Å². The van der Waals surface area contributed by atoms with Gasteiger partial charge in [0.2, 0.25) is 0 Å². The van der Waals surface area contributed by atoms with Crippen LogP contribution in [0.15, 0.2) is 206 Å². The zero-order valence-electron chi connectivity index (χ0n) is 39.3. The fourth-order valence-electron chi connectivity index (χ4n) is 9.15. The van der Waals surface area contributed by atoms with Crippen LogP contribution in [-0.4, -0.2) is 46.9 Å². The minimum Gasteiger partial charge on any atom is -0.476 e. The van der Waals surface area contributed by atoms with Gasteiger partial charge in [0.05, 0.1) is 33.2 Å². The van der Waals surface area contributed by atoms with Crippen molar-refractivity contribution in [3.63, 3.8) is 0 Å². The number of hydrogen-bond acceptors (Lipinski definition) is 6. The predicted octanol–water partition coefficient (Wildman–Crippen LogP) is 13.9. The molecule has 0 spiro atoms. The molecule has 0 fully saturated rings. The summed E-state index contributed by atoms with van der Waals surface area (Å²) in [5, 5.41) is 21.3. The van der Waals surface area contributed by atoms with Gasteiger partial charge in [-0.2, -0.15) is 10.2 Å². The highest BCUT2D eigenvalue weighted by molar-refractivity contribution is 6.30. The molecular formula is C59H50Cl2N6O3. The number of aromatic nitrogens is 6. The molecule has 70 heavy (non-hydrogen) atoms. The van der Waals surface area contributed by atoms with Crippen LogP contribution in [0.3, 0.4) is 0 Å². The Morgan fingerprint density at radius 3 is 1.09 bits per heavy atom. The van der Waals surface area contributed by atoms with Crippen molar-refractivity contribution in [3.8, 4) is 0 Å². The molecule has 4 heterocycles. The number of carboxylic acid groups (broad SMARTS) is 1. The van der Waals surface area contributed by atoms with Crippen LogP contribution in [0.1, 0.15) is 86.5 Å². The third kappa shape index (κ3) is 9.05. The maximum absolute atomic E-state index is 12.0. The van der Waals surface area contributed by atoms with Crippen molar-refractivity contribution in [2.24, 2.45) is 0 Å². The number of aldehydes is 1. The summed E-state index contributed by atoms with van der Waals surface area (Å²) in [6.45, 7) is 9.90. The second-order valence-corrected chi connectivity index (χ2v) is 17.6. The zero-order chi connectivity index (χ0) is 49.4. The molecule has 0 amide bonds. The smallest absolute Gasteiger partial charge is 0.355 e. The van der Waals surface area contributed by atoms with Gasteiger partial charge in [0, 0.05) is 12.1 Å². The van der Waals surface area contributed by atoms with E-state index >= 15 is 0 Å². The summed E-state index contributed by atoms with van der Waals surface area (Å²) in [5.41, 5.74) is 8.61. The summed E-state index contributed by atoms with van der Waals surface area (Å²) in [7, 11) is 0. The topological polar surface area (TPSA) is 116 Å². The van der Waals surface area contributed by atoms with Gasteiger partial charge in [-0.25, -0.2) is 24.1 Å². The summed E-state index contributed by atoms with van der Waals surface area (Å²) in [6, 6.07) is 64.5. The first-order valence-corrected chi connectivity index (χ1v) is 23.5. The van der Waals surface area contributed by atoms with Crippen molar-refractivity contribution in [2.45, 2.75) is 45.7 Å². The fraction of sp³-hybridized carbons (Fsp3) is 0.119. The first-order valence-electron chi connectivity index (χ1n) is 22.7. The van der Waals surface area contributed by atoms with Crippen LogP contribution in [-0.2, 0) is 11.1 Å². The Kier molecular flexibility index (Phi) is 14.6. The summed E-state index contributed by atoms with van der Waals surface area (Å²) >= 11 is 12.7. The van der Waals surface area contributed by atoms with E-state index in [-0.39, 0.29) is 16.0 Å². The number of hydrogen-bond donors (Lipinski definition) is 1. The maximum atomic E-state index is 12.0. The van der Waals surface area contributed by atoms with Gasteiger partial charge < -0.3 is 5.11 Å². The highest BCUT2D eigenvalue weighted by Crippen LogP contribution is 2.45. The lowest BCUT2D eigenvalue weighted by Gasteiger charge is -2.37. The van der Waals surface area contributed by atoms with Gasteiger partial charge in [0.25, 0.3) is 0 Å². The number of pyridine rings is 2. The molecular weight excluding hydrogens is 912 g/mol. The van der Waals surface area contributed by atoms with Gasteiger partial charge in [-0.05, 0) is 68.0 Å². The molecule has 0 radical (unpaired) electrons. The molecule has 0 aliphatic carbocycles. The number of allylic oxidation sites excluding steroid dienone is 2. The van der Waals surface area contributed by atoms with Gasteiger partial charge >= 0.3 is 5.97 Å². The lowest BCUT2D eigenvalue weighted by Crippen LogP contribution is -2.38. The lowest BCUT2D eigenvalue weighted by atomic mass is 9.77. The number of benzene rings is 6. The molecule has 0 saturated carbocycles. The molecule has 1 N–H and O–H groups in total. The molecule has 10 rings (SSSR count). The van der Waals surface area contributed by atoms with E-state index in [9.17, 15) is 14.7 Å². The number of rotatable bonds is 10. The highest BCUT2D eigenvalue weighted by atomic mass is 35.5. The van der Waals surface area contributed by atoms with E-state index in [1.165, 1.54) is 5.57 Å². The molecule has 0 aliphatic rings. The van der Waals surface area contributed by atoms with Crippen LogP contribution in [0.5, 0.6) is 0 Å². The van der Waals surface area contributed by atoms with E-state index in [2.05, 4.69) is 103 Å². The average molecular weight is 962 g/mol. The number of halogens is 2. The normalized spacial score (nSPS) is 11.2. The zero-order valence-corrected chi connectivity index (χ0v) is 40.8. The van der Waals surface area contributed by atoms with E-state index in [0.29, 0.717) is 27.7 Å². The molecule has 0 saturated heterocycles. The highest BCUT2D eigenvalue weighted by Gasteiger charge is 2.43. The molecule has 10 aromatic rings. The van der Waals surface area contributed by atoms with E-state index in [4.69, 9.17) is 33.4 Å². The van der Waals surface area contributed by atoms with Crippen LogP contribution in [0, 0.1) is 13.8 Å². The Bertz CT molecular complexity index is 3240. The Hall–Kier alpha value is -7.98. The minimum absolute atomic E-state index is 0.101. The second-order valence-electron chi connectivity index (χ2n) is 16.8. The van der Waals surface area contributed by atoms with Crippen LogP contribution in [0.2, 0.25) is 10.3 Å². The molecule has 4 aromatic heterocycles. The Labute approximate surface area is 417 Å². The van der Waals surface area contributed by atoms with Crippen molar-refractivity contribution in [1.29, 1.82) is 0 Å². The number of aryl methyl sites for hydroxylation is 2. The van der Waals surface area contributed by atoms with Crippen molar-refractivity contribution < 1.29 is 14.7 Å². The van der Waals surface area contributed by atoms with E-state index in [1.807, 2.05) is 132 Å². The molecule has 348 valence electrons. The third-order valence-electron chi connectivity index (χ3n) is 12.3. The van der Waals surface area contributed by atoms with E-state index < -0.39 is 17.0 Å². The monoisotopic (exact) mass is 960 g/mol. The SMILES string of the molecule is CC=C(C)C.Cc1nn(C(c2ccccc2)(c2ccccc2)c2ccccc2)c2cc(Cl)nc(C(=O)O)c12.Cc1nn(C(c2ccccc2)(c2ccccc2)c2ccccc2)c2cc(Cl)nc(C=O)c12. The largest absolute Gasteiger partial charge is 0.476 e. The quantitative estimate of drug-likeness (QED) is 0.0628. The number of carbonyl (C=O) groups is 2. The standard InChI is InChI=1S/C27H20ClN3O2.C27H20ClN3O.C5H10/c1-18-24-22(17-23(28)29-25(24)26(32)33)31(30-18)27(19-11-5-2-6-12-19,20-13-7-3-8-14-20)21-15-9-4-10-16-21;1-19-26-23(18-32)29-25(28)17-24(26)31(30-19)27(20-11-5-2-6-12-20,21-13-7-3-8-14-21)22-15-9-4-10-16-22;1-4-5(2)3/h2-17H,1H3,(H,32,33);2-18H,1H3;4H,1-3H3. The van der Waals surface area contributed by atoms with Crippen LogP contribution >= 0.6 is 23.2 Å². The molecule has 6 aromatic carbocycles. The van der Waals surface area contributed by atoms with Crippen molar-refractivity contribution in [2.75, 3.05) is 0 Å². The summed E-state index contributed by atoms with van der Waals surface area (Å²) in [6.07, 6.45) is 2.82. The first-order chi connectivity index (χ1) is 34.0. The molecule has 0 unspecified atom stereocenters. The molecule has 0 atom stereocenters. The molecule has 9 nitrogen and oxygen atoms in total. The second kappa shape index (κ2) is 21.1. The number of carbonyl (C=O) groups excluding carboxylic acids is 1.